The van der Waals surface area contributed by atoms with Crippen molar-refractivity contribution in [1.29, 1.82) is 0 Å². The SMILES string of the molecule is COc1ccc(CNc2snc(N)c2C)cc1. The van der Waals surface area contributed by atoms with E-state index in [1.807, 2.05) is 31.2 Å². The summed E-state index contributed by atoms with van der Waals surface area (Å²) in [5, 5.41) is 4.35. The van der Waals surface area contributed by atoms with Crippen molar-refractivity contribution in [2.75, 3.05) is 18.2 Å². The number of aromatic nitrogens is 1. The molecule has 0 aliphatic carbocycles. The van der Waals surface area contributed by atoms with Crippen molar-refractivity contribution in [3.8, 4) is 5.75 Å². The molecular formula is C12H15N3OS. The minimum Gasteiger partial charge on any atom is -0.497 e. The molecule has 0 saturated carbocycles. The van der Waals surface area contributed by atoms with Crippen LogP contribution < -0.4 is 15.8 Å². The van der Waals surface area contributed by atoms with Crippen LogP contribution in [0, 0.1) is 6.92 Å². The number of hydrogen-bond acceptors (Lipinski definition) is 5. The highest BCUT2D eigenvalue weighted by atomic mass is 32.1. The molecule has 2 rings (SSSR count). The molecule has 4 nitrogen and oxygen atoms in total. The predicted molar refractivity (Wildman–Crippen MR) is 71.6 cm³/mol. The first kappa shape index (κ1) is 11.7. The van der Waals surface area contributed by atoms with Gasteiger partial charge in [-0.2, -0.15) is 4.37 Å². The zero-order valence-corrected chi connectivity index (χ0v) is 10.7. The Morgan fingerprint density at radius 3 is 2.59 bits per heavy atom. The van der Waals surface area contributed by atoms with Gasteiger partial charge in [0.25, 0.3) is 0 Å². The fraction of sp³-hybridized carbons (Fsp3) is 0.250. The van der Waals surface area contributed by atoms with E-state index in [9.17, 15) is 0 Å². The van der Waals surface area contributed by atoms with Crippen LogP contribution in [-0.2, 0) is 6.54 Å². The molecule has 1 heterocycles. The number of anilines is 2. The van der Waals surface area contributed by atoms with Gasteiger partial charge in [0.15, 0.2) is 0 Å². The number of ether oxygens (including phenoxy) is 1. The zero-order chi connectivity index (χ0) is 12.3. The molecule has 1 aromatic carbocycles. The molecule has 1 aromatic heterocycles. The average Bonchev–Trinajstić information content (AvgIpc) is 2.68. The summed E-state index contributed by atoms with van der Waals surface area (Å²) in [6, 6.07) is 7.97. The first-order valence-corrected chi connectivity index (χ1v) is 6.06. The highest BCUT2D eigenvalue weighted by molar-refractivity contribution is 7.10. The Hall–Kier alpha value is -1.75. The number of nitrogens with zero attached hydrogens (tertiary/aromatic N) is 1. The maximum Gasteiger partial charge on any atom is 0.142 e. The molecule has 0 unspecified atom stereocenters. The van der Waals surface area contributed by atoms with Gasteiger partial charge in [0.2, 0.25) is 0 Å². The molecule has 0 atom stereocenters. The lowest BCUT2D eigenvalue weighted by Crippen LogP contribution is -1.99. The minimum absolute atomic E-state index is 0.604. The average molecular weight is 249 g/mol. The van der Waals surface area contributed by atoms with Gasteiger partial charge in [0.05, 0.1) is 7.11 Å². The minimum atomic E-state index is 0.604. The van der Waals surface area contributed by atoms with E-state index in [0.29, 0.717) is 5.82 Å². The highest BCUT2D eigenvalue weighted by Crippen LogP contribution is 2.25. The summed E-state index contributed by atoms with van der Waals surface area (Å²) in [6.07, 6.45) is 0. The number of nitrogen functional groups attached to an aromatic ring is 1. The molecule has 2 aromatic rings. The molecule has 0 bridgehead atoms. The number of nitrogens with two attached hydrogens (primary N) is 1. The normalized spacial score (nSPS) is 10.2. The second-order valence-corrected chi connectivity index (χ2v) is 4.50. The van der Waals surface area contributed by atoms with Gasteiger partial charge in [-0.15, -0.1) is 0 Å². The number of hydrogen-bond donors (Lipinski definition) is 2. The van der Waals surface area contributed by atoms with Crippen molar-refractivity contribution in [2.24, 2.45) is 0 Å². The summed E-state index contributed by atoms with van der Waals surface area (Å²) < 4.78 is 9.20. The van der Waals surface area contributed by atoms with Gasteiger partial charge in [-0.1, -0.05) is 12.1 Å². The van der Waals surface area contributed by atoms with Crippen LogP contribution >= 0.6 is 11.5 Å². The fourth-order valence-corrected chi connectivity index (χ4v) is 2.14. The van der Waals surface area contributed by atoms with E-state index in [0.717, 1.165) is 22.9 Å². The third kappa shape index (κ3) is 2.68. The van der Waals surface area contributed by atoms with Crippen LogP contribution in [0.15, 0.2) is 24.3 Å². The molecule has 0 amide bonds. The molecule has 0 radical (unpaired) electrons. The second-order valence-electron chi connectivity index (χ2n) is 3.72. The molecule has 0 aliphatic rings. The quantitative estimate of drug-likeness (QED) is 0.874. The zero-order valence-electron chi connectivity index (χ0n) is 9.86. The van der Waals surface area contributed by atoms with E-state index >= 15 is 0 Å². The van der Waals surface area contributed by atoms with Gasteiger partial charge in [0, 0.05) is 12.1 Å². The Morgan fingerprint density at radius 1 is 1.35 bits per heavy atom. The molecule has 5 heteroatoms. The van der Waals surface area contributed by atoms with Crippen LogP contribution in [0.25, 0.3) is 0 Å². The van der Waals surface area contributed by atoms with Crippen LogP contribution in [0.2, 0.25) is 0 Å². The monoisotopic (exact) mass is 249 g/mol. The predicted octanol–water partition coefficient (Wildman–Crippen LogP) is 2.65. The van der Waals surface area contributed by atoms with E-state index < -0.39 is 0 Å². The summed E-state index contributed by atoms with van der Waals surface area (Å²) in [5.41, 5.74) is 7.90. The third-order valence-corrected chi connectivity index (χ3v) is 3.49. The van der Waals surface area contributed by atoms with Crippen LogP contribution in [0.5, 0.6) is 5.75 Å². The summed E-state index contributed by atoms with van der Waals surface area (Å²) in [6.45, 7) is 2.72. The lowest BCUT2D eigenvalue weighted by atomic mass is 10.2. The second kappa shape index (κ2) is 5.05. The maximum atomic E-state index is 5.69. The van der Waals surface area contributed by atoms with E-state index in [4.69, 9.17) is 10.5 Å². The van der Waals surface area contributed by atoms with Gasteiger partial charge < -0.3 is 15.8 Å². The van der Waals surface area contributed by atoms with Gasteiger partial charge in [0.1, 0.15) is 16.6 Å². The van der Waals surface area contributed by atoms with Crippen molar-refractivity contribution >= 4 is 22.4 Å². The van der Waals surface area contributed by atoms with Crippen LogP contribution in [0.3, 0.4) is 0 Å². The van der Waals surface area contributed by atoms with E-state index in [1.54, 1.807) is 7.11 Å². The van der Waals surface area contributed by atoms with Crippen LogP contribution in [0.1, 0.15) is 11.1 Å². The van der Waals surface area contributed by atoms with Crippen molar-refractivity contribution in [3.05, 3.63) is 35.4 Å². The van der Waals surface area contributed by atoms with Crippen molar-refractivity contribution in [3.63, 3.8) is 0 Å². The van der Waals surface area contributed by atoms with Gasteiger partial charge >= 0.3 is 0 Å². The molecule has 3 N–H and O–H groups in total. The summed E-state index contributed by atoms with van der Waals surface area (Å²) >= 11 is 1.39. The molecule has 17 heavy (non-hydrogen) atoms. The molecule has 90 valence electrons. The topological polar surface area (TPSA) is 60.2 Å². The lowest BCUT2D eigenvalue weighted by molar-refractivity contribution is 0.414. The standard InChI is InChI=1S/C12H15N3OS/c1-8-11(13)15-17-12(8)14-7-9-3-5-10(16-2)6-4-9/h3-6,14H,7H2,1-2H3,(H2,13,15). The first-order valence-electron chi connectivity index (χ1n) is 5.29. The van der Waals surface area contributed by atoms with Gasteiger partial charge in [-0.25, -0.2) is 0 Å². The molecule has 0 saturated heterocycles. The Labute approximate surface area is 105 Å². The molecule has 0 fully saturated rings. The third-order valence-electron chi connectivity index (χ3n) is 2.57. The summed E-state index contributed by atoms with van der Waals surface area (Å²) in [5.74, 6) is 1.47. The number of rotatable bonds is 4. The van der Waals surface area contributed by atoms with Crippen molar-refractivity contribution in [1.82, 2.24) is 4.37 Å². The van der Waals surface area contributed by atoms with Crippen LogP contribution in [0.4, 0.5) is 10.8 Å². The summed E-state index contributed by atoms with van der Waals surface area (Å²) in [4.78, 5) is 0. The van der Waals surface area contributed by atoms with E-state index in [1.165, 1.54) is 17.1 Å². The van der Waals surface area contributed by atoms with Crippen molar-refractivity contribution in [2.45, 2.75) is 13.5 Å². The van der Waals surface area contributed by atoms with Crippen molar-refractivity contribution < 1.29 is 4.74 Å². The lowest BCUT2D eigenvalue weighted by Gasteiger charge is -2.05. The Balaban J connectivity index is 2.00. The van der Waals surface area contributed by atoms with Gasteiger partial charge in [-0.3, -0.25) is 0 Å². The van der Waals surface area contributed by atoms with E-state index in [-0.39, 0.29) is 0 Å². The number of nitrogens with one attached hydrogen (secondary N) is 1. The molecule has 0 aliphatic heterocycles. The Kier molecular flexibility index (Phi) is 3.49. The smallest absolute Gasteiger partial charge is 0.142 e. The Bertz CT molecular complexity index is 493. The van der Waals surface area contributed by atoms with Gasteiger partial charge in [-0.05, 0) is 36.2 Å². The largest absolute Gasteiger partial charge is 0.497 e. The summed E-state index contributed by atoms with van der Waals surface area (Å²) in [7, 11) is 1.66. The molecular weight excluding hydrogens is 234 g/mol. The maximum absolute atomic E-state index is 5.69. The van der Waals surface area contributed by atoms with Crippen LogP contribution in [-0.4, -0.2) is 11.5 Å². The molecule has 0 spiro atoms. The number of benzene rings is 1. The highest BCUT2D eigenvalue weighted by Gasteiger charge is 2.05. The first-order chi connectivity index (χ1) is 8.20. The van der Waals surface area contributed by atoms with E-state index in [2.05, 4.69) is 9.69 Å². The fourth-order valence-electron chi connectivity index (χ4n) is 1.44. The Morgan fingerprint density at radius 2 is 2.06 bits per heavy atom. The number of methoxy groups -OCH3 is 1.